The minimum absolute atomic E-state index is 0.0974. The Morgan fingerprint density at radius 1 is 1.28 bits per heavy atom. The molecule has 2 aliphatic heterocycles. The van der Waals surface area contributed by atoms with Crippen LogP contribution in [0.4, 0.5) is 5.82 Å². The first-order valence-corrected chi connectivity index (χ1v) is 11.1. The minimum atomic E-state index is -0.298. The van der Waals surface area contributed by atoms with Crippen molar-refractivity contribution >= 4 is 46.1 Å². The summed E-state index contributed by atoms with van der Waals surface area (Å²) in [6, 6.07) is 2.04. The Hall–Kier alpha value is -2.11. The highest BCUT2D eigenvalue weighted by Gasteiger charge is 2.33. The van der Waals surface area contributed by atoms with Gasteiger partial charge in [0.2, 0.25) is 0 Å². The predicted molar refractivity (Wildman–Crippen MR) is 122 cm³/mol. The molecule has 0 N–H and O–H groups in total. The van der Waals surface area contributed by atoms with Crippen LogP contribution in [-0.2, 0) is 11.8 Å². The van der Waals surface area contributed by atoms with E-state index < -0.39 is 0 Å². The van der Waals surface area contributed by atoms with E-state index in [1.807, 2.05) is 12.1 Å². The average Bonchev–Trinajstić information content (AvgIpc) is 3.28. The van der Waals surface area contributed by atoms with Crippen LogP contribution in [0.15, 0.2) is 9.70 Å². The monoisotopic (exact) mass is 430 g/mol. The van der Waals surface area contributed by atoms with Gasteiger partial charge in [-0.2, -0.15) is 5.26 Å². The molecule has 3 heterocycles. The van der Waals surface area contributed by atoms with Crippen LogP contribution in [0.1, 0.15) is 49.8 Å². The lowest BCUT2D eigenvalue weighted by Gasteiger charge is -2.25. The van der Waals surface area contributed by atoms with E-state index in [0.29, 0.717) is 27.3 Å². The van der Waals surface area contributed by atoms with Crippen LogP contribution in [0.3, 0.4) is 0 Å². The van der Waals surface area contributed by atoms with Gasteiger partial charge in [-0.3, -0.25) is 19.1 Å². The fourth-order valence-corrected chi connectivity index (χ4v) is 5.02. The van der Waals surface area contributed by atoms with Crippen molar-refractivity contribution in [1.29, 1.82) is 5.26 Å². The first-order valence-electron chi connectivity index (χ1n) is 9.90. The smallest absolute Gasteiger partial charge is 0.270 e. The van der Waals surface area contributed by atoms with Crippen molar-refractivity contribution in [3.8, 4) is 6.07 Å². The molecule has 0 bridgehead atoms. The van der Waals surface area contributed by atoms with Gasteiger partial charge in [0.1, 0.15) is 21.8 Å². The first kappa shape index (κ1) is 21.6. The molecule has 0 spiro atoms. The van der Waals surface area contributed by atoms with Gasteiger partial charge >= 0.3 is 0 Å². The number of hydrogen-bond acceptors (Lipinski definition) is 6. The third-order valence-corrected chi connectivity index (χ3v) is 6.83. The average molecular weight is 431 g/mol. The van der Waals surface area contributed by atoms with Gasteiger partial charge in [0.05, 0.1) is 4.91 Å². The summed E-state index contributed by atoms with van der Waals surface area (Å²) in [5.41, 5.74) is 1.20. The molecule has 2 fully saturated rings. The summed E-state index contributed by atoms with van der Waals surface area (Å²) in [4.78, 5) is 30.1. The van der Waals surface area contributed by atoms with Crippen LogP contribution in [-0.4, -0.2) is 39.3 Å². The normalized spacial score (nSPS) is 18.4. The summed E-state index contributed by atoms with van der Waals surface area (Å²) in [5, 5.41) is 9.52. The van der Waals surface area contributed by atoms with Crippen LogP contribution in [0, 0.1) is 24.2 Å². The molecule has 0 radical (unpaired) electrons. The number of pyridine rings is 1. The Morgan fingerprint density at radius 2 is 1.93 bits per heavy atom. The first-order chi connectivity index (χ1) is 13.8. The van der Waals surface area contributed by atoms with E-state index in [4.69, 9.17) is 12.2 Å². The summed E-state index contributed by atoms with van der Waals surface area (Å²) in [6.07, 6.45) is 4.82. The number of nitrogens with zero attached hydrogens (tertiary/aromatic N) is 4. The highest BCUT2D eigenvalue weighted by Crippen LogP contribution is 2.36. The largest absolute Gasteiger partial charge is 0.357 e. The second-order valence-electron chi connectivity index (χ2n) is 7.92. The number of amides is 1. The van der Waals surface area contributed by atoms with E-state index >= 15 is 0 Å². The summed E-state index contributed by atoms with van der Waals surface area (Å²) in [7, 11) is 1.70. The molecule has 3 rings (SSSR count). The van der Waals surface area contributed by atoms with Crippen LogP contribution in [0.5, 0.6) is 0 Å². The van der Waals surface area contributed by atoms with Gasteiger partial charge in [0, 0.05) is 32.2 Å². The Morgan fingerprint density at radius 3 is 2.52 bits per heavy atom. The van der Waals surface area contributed by atoms with Crippen molar-refractivity contribution in [3.63, 3.8) is 0 Å². The fraction of sp³-hybridized carbons (Fsp3) is 0.524. The van der Waals surface area contributed by atoms with Gasteiger partial charge in [-0.05, 0) is 43.7 Å². The second kappa shape index (κ2) is 8.72. The maximum absolute atomic E-state index is 13.0. The highest BCUT2D eigenvalue weighted by atomic mass is 32.2. The molecular weight excluding hydrogens is 404 g/mol. The summed E-state index contributed by atoms with van der Waals surface area (Å²) in [6.45, 7) is 8.34. The summed E-state index contributed by atoms with van der Waals surface area (Å²) >= 11 is 6.73. The standard InChI is InChI=1S/C21H26N4O2S2/c1-13(2)7-10-25-20(27)17(29-21(25)28)11-15-14(3)16(12-22)19(26)23(4)18(15)24-8-5-6-9-24/h11,13H,5-10H2,1-4H3/b17-11-. The Balaban J connectivity index is 2.10. The molecule has 154 valence electrons. The number of carbonyl (C=O) groups is 1. The van der Waals surface area contributed by atoms with Gasteiger partial charge < -0.3 is 4.90 Å². The quantitative estimate of drug-likeness (QED) is 0.527. The molecule has 1 aromatic rings. The highest BCUT2D eigenvalue weighted by molar-refractivity contribution is 8.26. The number of thiocarbonyl (C=S) groups is 1. The van der Waals surface area contributed by atoms with E-state index in [1.165, 1.54) is 11.8 Å². The number of carbonyl (C=O) groups excluding carboxylic acids is 1. The van der Waals surface area contributed by atoms with Crippen molar-refractivity contribution in [2.24, 2.45) is 13.0 Å². The number of aromatic nitrogens is 1. The van der Waals surface area contributed by atoms with Gasteiger partial charge in [-0.15, -0.1) is 0 Å². The molecule has 0 unspecified atom stereocenters. The second-order valence-corrected chi connectivity index (χ2v) is 9.60. The minimum Gasteiger partial charge on any atom is -0.357 e. The van der Waals surface area contributed by atoms with E-state index in [-0.39, 0.29) is 17.0 Å². The topological polar surface area (TPSA) is 69.3 Å². The third kappa shape index (κ3) is 4.12. The molecule has 0 aromatic carbocycles. The molecule has 2 saturated heterocycles. The molecule has 0 atom stereocenters. The van der Waals surface area contributed by atoms with E-state index in [0.717, 1.165) is 43.7 Å². The van der Waals surface area contributed by atoms with E-state index in [9.17, 15) is 14.9 Å². The van der Waals surface area contributed by atoms with E-state index in [2.05, 4.69) is 18.7 Å². The summed E-state index contributed by atoms with van der Waals surface area (Å²) < 4.78 is 2.11. The lowest BCUT2D eigenvalue weighted by atomic mass is 10.0. The van der Waals surface area contributed by atoms with Crippen LogP contribution in [0.2, 0.25) is 0 Å². The molecule has 2 aliphatic rings. The number of hydrogen-bond donors (Lipinski definition) is 0. The lowest BCUT2D eigenvalue weighted by Crippen LogP contribution is -2.31. The van der Waals surface area contributed by atoms with Gasteiger partial charge in [-0.1, -0.05) is 37.8 Å². The summed E-state index contributed by atoms with van der Waals surface area (Å²) in [5.74, 6) is 1.16. The van der Waals surface area contributed by atoms with Crippen molar-refractivity contribution in [1.82, 2.24) is 9.47 Å². The van der Waals surface area contributed by atoms with Crippen LogP contribution < -0.4 is 10.5 Å². The van der Waals surface area contributed by atoms with E-state index in [1.54, 1.807) is 23.4 Å². The van der Waals surface area contributed by atoms with Crippen molar-refractivity contribution in [2.45, 2.75) is 40.0 Å². The van der Waals surface area contributed by atoms with Crippen LogP contribution >= 0.6 is 24.0 Å². The molecule has 1 aromatic heterocycles. The van der Waals surface area contributed by atoms with Gasteiger partial charge in [0.15, 0.2) is 0 Å². The lowest BCUT2D eigenvalue weighted by molar-refractivity contribution is -0.122. The number of anilines is 1. The molecule has 6 nitrogen and oxygen atoms in total. The zero-order chi connectivity index (χ0) is 21.3. The number of rotatable bonds is 5. The maximum Gasteiger partial charge on any atom is 0.270 e. The Labute approximate surface area is 181 Å². The fourth-order valence-electron chi connectivity index (χ4n) is 3.73. The predicted octanol–water partition coefficient (Wildman–Crippen LogP) is 3.41. The van der Waals surface area contributed by atoms with Crippen molar-refractivity contribution in [2.75, 3.05) is 24.5 Å². The van der Waals surface area contributed by atoms with Crippen molar-refractivity contribution in [3.05, 3.63) is 31.9 Å². The van der Waals surface area contributed by atoms with Gasteiger partial charge in [0.25, 0.3) is 11.5 Å². The maximum atomic E-state index is 13.0. The number of thioether (sulfide) groups is 1. The molecule has 1 amide bonds. The zero-order valence-corrected chi connectivity index (χ0v) is 19.0. The Kier molecular flexibility index (Phi) is 6.49. The number of nitriles is 1. The SMILES string of the molecule is Cc1c(/C=C2\SC(=S)N(CCC(C)C)C2=O)c(N2CCCC2)n(C)c(=O)c1C#N. The molecule has 0 aliphatic carbocycles. The molecule has 0 saturated carbocycles. The molecule has 29 heavy (non-hydrogen) atoms. The third-order valence-electron chi connectivity index (χ3n) is 5.45. The zero-order valence-electron chi connectivity index (χ0n) is 17.3. The van der Waals surface area contributed by atoms with Crippen LogP contribution in [0.25, 0.3) is 6.08 Å². The van der Waals surface area contributed by atoms with Gasteiger partial charge in [-0.25, -0.2) is 0 Å². The molecular formula is C21H26N4O2S2. The van der Waals surface area contributed by atoms with Crippen molar-refractivity contribution < 1.29 is 4.79 Å². The molecule has 8 heteroatoms. The Bertz CT molecular complexity index is 982.